The number of carbonyl (C=O) groups excluding carboxylic acids is 1. The number of hydrogen-bond donors (Lipinski definition) is 1. The number of amides is 1. The van der Waals surface area contributed by atoms with Crippen LogP contribution in [-0.4, -0.2) is 74.1 Å². The fourth-order valence-electron chi connectivity index (χ4n) is 4.18. The number of morpholine rings is 1. The number of sulfonamides is 2. The minimum Gasteiger partial charge on any atom is -0.495 e. The number of carbonyl (C=O) groups is 1. The van der Waals surface area contributed by atoms with Crippen LogP contribution in [0.25, 0.3) is 0 Å². The first-order chi connectivity index (χ1) is 19.5. The smallest absolute Gasteiger partial charge is 0.264 e. The monoisotopic (exact) mass is 623 g/mol. The molecule has 1 aliphatic heterocycles. The zero-order chi connectivity index (χ0) is 29.8. The molecule has 1 heterocycles. The van der Waals surface area contributed by atoms with E-state index in [2.05, 4.69) is 5.32 Å². The van der Waals surface area contributed by atoms with Gasteiger partial charge in [-0.25, -0.2) is 16.8 Å². The second-order valence-corrected chi connectivity index (χ2v) is 13.2. The van der Waals surface area contributed by atoms with E-state index in [0.717, 1.165) is 9.87 Å². The van der Waals surface area contributed by atoms with Crippen molar-refractivity contribution in [2.45, 2.75) is 16.7 Å². The molecule has 0 bridgehead atoms. The van der Waals surface area contributed by atoms with Crippen molar-refractivity contribution in [3.63, 3.8) is 0 Å². The molecule has 4 rings (SSSR count). The number of nitrogens with one attached hydrogen (secondary N) is 1. The molecular weight excluding hydrogens is 594 g/mol. The lowest BCUT2D eigenvalue weighted by Gasteiger charge is -2.27. The van der Waals surface area contributed by atoms with Crippen LogP contribution in [0.5, 0.6) is 11.5 Å². The summed E-state index contributed by atoms with van der Waals surface area (Å²) < 4.78 is 72.0. The standard InChI is InChI=1S/C27H30ClN3O8S2/c1-19-4-8-22(9-5-19)40(33,34)31(21-7-11-24(37-2)23(28)17-21)18-27(32)29-20-6-10-25(38-3)26(16-20)41(35,36)30-12-14-39-15-13-30/h4-11,16-17H,12-15,18H2,1-3H3,(H,29,32). The van der Waals surface area contributed by atoms with Gasteiger partial charge in [-0.15, -0.1) is 0 Å². The molecule has 0 aromatic heterocycles. The molecule has 41 heavy (non-hydrogen) atoms. The zero-order valence-corrected chi connectivity index (χ0v) is 25.1. The SMILES string of the molecule is COc1ccc(N(CC(=O)Nc2ccc(OC)c(S(=O)(=O)N3CCOCC3)c2)S(=O)(=O)c2ccc(C)cc2)cc1Cl. The van der Waals surface area contributed by atoms with Crippen molar-refractivity contribution in [1.29, 1.82) is 0 Å². The summed E-state index contributed by atoms with van der Waals surface area (Å²) in [6.07, 6.45) is 0. The number of benzene rings is 3. The lowest BCUT2D eigenvalue weighted by atomic mass is 10.2. The molecule has 1 fully saturated rings. The molecular formula is C27H30ClN3O8S2. The average molecular weight is 624 g/mol. The molecule has 3 aromatic rings. The van der Waals surface area contributed by atoms with Crippen molar-refractivity contribution in [2.24, 2.45) is 0 Å². The van der Waals surface area contributed by atoms with Crippen molar-refractivity contribution in [1.82, 2.24) is 4.31 Å². The van der Waals surface area contributed by atoms with Crippen LogP contribution >= 0.6 is 11.6 Å². The summed E-state index contributed by atoms with van der Waals surface area (Å²) in [6, 6.07) is 14.7. The van der Waals surface area contributed by atoms with Gasteiger partial charge in [0.25, 0.3) is 10.0 Å². The third-order valence-corrected chi connectivity index (χ3v) is 10.4. The van der Waals surface area contributed by atoms with Crippen LogP contribution in [0.2, 0.25) is 5.02 Å². The molecule has 11 nitrogen and oxygen atoms in total. The van der Waals surface area contributed by atoms with Crippen molar-refractivity contribution in [3.8, 4) is 11.5 Å². The van der Waals surface area contributed by atoms with Crippen molar-refractivity contribution in [2.75, 3.05) is 56.7 Å². The Morgan fingerprint density at radius 3 is 2.20 bits per heavy atom. The van der Waals surface area contributed by atoms with Crippen LogP contribution in [0.3, 0.4) is 0 Å². The molecule has 1 amide bonds. The topological polar surface area (TPSA) is 132 Å². The van der Waals surface area contributed by atoms with Crippen molar-refractivity contribution < 1.29 is 35.8 Å². The van der Waals surface area contributed by atoms with Gasteiger partial charge in [0.2, 0.25) is 15.9 Å². The van der Waals surface area contributed by atoms with Gasteiger partial charge in [0.15, 0.2) is 0 Å². The van der Waals surface area contributed by atoms with Gasteiger partial charge in [-0.1, -0.05) is 29.3 Å². The lowest BCUT2D eigenvalue weighted by Crippen LogP contribution is -2.40. The van der Waals surface area contributed by atoms with Crippen LogP contribution in [0, 0.1) is 6.92 Å². The van der Waals surface area contributed by atoms with E-state index >= 15 is 0 Å². The van der Waals surface area contributed by atoms with E-state index < -0.39 is 32.5 Å². The second-order valence-electron chi connectivity index (χ2n) is 9.07. The Hall–Kier alpha value is -3.36. The molecule has 0 radical (unpaired) electrons. The van der Waals surface area contributed by atoms with E-state index in [1.807, 2.05) is 6.92 Å². The normalized spacial score (nSPS) is 14.3. The van der Waals surface area contributed by atoms with Crippen LogP contribution in [-0.2, 0) is 29.6 Å². The van der Waals surface area contributed by atoms with E-state index in [4.69, 9.17) is 25.8 Å². The Kier molecular flexibility index (Phi) is 9.44. The summed E-state index contributed by atoms with van der Waals surface area (Å²) in [5.41, 5.74) is 1.14. The predicted molar refractivity (Wildman–Crippen MR) is 155 cm³/mol. The highest BCUT2D eigenvalue weighted by Gasteiger charge is 2.31. The Labute approximate surface area is 244 Å². The molecule has 0 spiro atoms. The quantitative estimate of drug-likeness (QED) is 0.363. The fourth-order valence-corrected chi connectivity index (χ4v) is 7.43. The van der Waals surface area contributed by atoms with Gasteiger partial charge in [-0.2, -0.15) is 4.31 Å². The van der Waals surface area contributed by atoms with Crippen molar-refractivity contribution >= 4 is 48.9 Å². The van der Waals surface area contributed by atoms with Crippen LogP contribution in [0.15, 0.2) is 70.5 Å². The van der Waals surface area contributed by atoms with E-state index in [9.17, 15) is 21.6 Å². The van der Waals surface area contributed by atoms with Gasteiger partial charge in [-0.05, 0) is 55.5 Å². The minimum absolute atomic E-state index is 0.0221. The van der Waals surface area contributed by atoms with Crippen LogP contribution in [0.4, 0.5) is 11.4 Å². The second kappa shape index (κ2) is 12.7. The third-order valence-electron chi connectivity index (χ3n) is 6.35. The summed E-state index contributed by atoms with van der Waals surface area (Å²) in [5.74, 6) is -0.279. The summed E-state index contributed by atoms with van der Waals surface area (Å²) in [5, 5.41) is 2.77. The van der Waals surface area contributed by atoms with E-state index in [-0.39, 0.29) is 58.2 Å². The number of nitrogens with zero attached hydrogens (tertiary/aromatic N) is 2. The maximum Gasteiger partial charge on any atom is 0.264 e. The first-order valence-corrected chi connectivity index (χ1v) is 15.7. The van der Waals surface area contributed by atoms with Crippen molar-refractivity contribution in [3.05, 3.63) is 71.2 Å². The number of ether oxygens (including phenoxy) is 3. The average Bonchev–Trinajstić information content (AvgIpc) is 2.96. The molecule has 0 aliphatic carbocycles. The van der Waals surface area contributed by atoms with E-state index in [1.54, 1.807) is 12.1 Å². The minimum atomic E-state index is -4.21. The van der Waals surface area contributed by atoms with Gasteiger partial charge in [0, 0.05) is 18.8 Å². The molecule has 1 saturated heterocycles. The zero-order valence-electron chi connectivity index (χ0n) is 22.7. The first kappa shape index (κ1) is 30.6. The molecule has 220 valence electrons. The molecule has 0 atom stereocenters. The molecule has 0 saturated carbocycles. The van der Waals surface area contributed by atoms with Gasteiger partial charge in [0.05, 0.1) is 43.0 Å². The predicted octanol–water partition coefficient (Wildman–Crippen LogP) is 3.52. The van der Waals surface area contributed by atoms with E-state index in [1.165, 1.54) is 67.1 Å². The highest BCUT2D eigenvalue weighted by Crippen LogP contribution is 2.33. The van der Waals surface area contributed by atoms with Gasteiger partial charge in [-0.3, -0.25) is 9.10 Å². The highest BCUT2D eigenvalue weighted by atomic mass is 35.5. The van der Waals surface area contributed by atoms with E-state index in [0.29, 0.717) is 5.75 Å². The Bertz CT molecular complexity index is 1620. The number of methoxy groups -OCH3 is 2. The summed E-state index contributed by atoms with van der Waals surface area (Å²) >= 11 is 6.28. The molecule has 1 N–H and O–H groups in total. The lowest BCUT2D eigenvalue weighted by molar-refractivity contribution is -0.114. The molecule has 14 heteroatoms. The Balaban J connectivity index is 1.66. The number of halogens is 1. The fraction of sp³-hybridized carbons (Fsp3) is 0.296. The largest absolute Gasteiger partial charge is 0.495 e. The third kappa shape index (κ3) is 6.76. The van der Waals surface area contributed by atoms with Gasteiger partial charge in [0.1, 0.15) is 22.9 Å². The maximum atomic E-state index is 13.7. The maximum absolute atomic E-state index is 13.7. The summed E-state index contributed by atoms with van der Waals surface area (Å²) in [6.45, 7) is 2.08. The van der Waals surface area contributed by atoms with Crippen LogP contribution < -0.4 is 19.1 Å². The summed E-state index contributed by atoms with van der Waals surface area (Å²) in [7, 11) is -5.40. The van der Waals surface area contributed by atoms with Crippen LogP contribution in [0.1, 0.15) is 5.56 Å². The first-order valence-electron chi connectivity index (χ1n) is 12.5. The number of aryl methyl sites for hydroxylation is 1. The number of rotatable bonds is 10. The molecule has 0 unspecified atom stereocenters. The number of anilines is 2. The molecule has 3 aromatic carbocycles. The highest BCUT2D eigenvalue weighted by molar-refractivity contribution is 7.92. The Morgan fingerprint density at radius 2 is 1.59 bits per heavy atom. The molecule has 1 aliphatic rings. The van der Waals surface area contributed by atoms with Gasteiger partial charge >= 0.3 is 0 Å². The number of hydrogen-bond acceptors (Lipinski definition) is 8. The van der Waals surface area contributed by atoms with Gasteiger partial charge < -0.3 is 19.5 Å². The summed E-state index contributed by atoms with van der Waals surface area (Å²) in [4.78, 5) is 13.1. The Morgan fingerprint density at radius 1 is 0.951 bits per heavy atom.